The average molecular weight is 325 g/mol. The van der Waals surface area contributed by atoms with Crippen LogP contribution in [0.5, 0.6) is 0 Å². The Morgan fingerprint density at radius 2 is 2.17 bits per heavy atom. The van der Waals surface area contributed by atoms with E-state index < -0.39 is 0 Å². The first-order valence-corrected chi connectivity index (χ1v) is 8.21. The van der Waals surface area contributed by atoms with Gasteiger partial charge in [0.25, 0.3) is 5.91 Å². The maximum Gasteiger partial charge on any atom is 0.258 e. The van der Waals surface area contributed by atoms with E-state index in [0.717, 1.165) is 22.1 Å². The first-order chi connectivity index (χ1) is 11.2. The maximum absolute atomic E-state index is 13.0. The minimum Gasteiger partial charge on any atom is -0.467 e. The van der Waals surface area contributed by atoms with Crippen molar-refractivity contribution in [1.82, 2.24) is 9.88 Å². The number of hydrogen-bond acceptors (Lipinski definition) is 5. The molecule has 116 valence electrons. The van der Waals surface area contributed by atoms with Crippen molar-refractivity contribution in [3.8, 4) is 0 Å². The second-order valence-corrected chi connectivity index (χ2v) is 6.46. The van der Waals surface area contributed by atoms with Gasteiger partial charge in [0.15, 0.2) is 0 Å². The number of hydrogen-bond donors (Lipinski definition) is 1. The van der Waals surface area contributed by atoms with Crippen LogP contribution in [0, 0.1) is 6.92 Å². The van der Waals surface area contributed by atoms with E-state index >= 15 is 0 Å². The van der Waals surface area contributed by atoms with Crippen LogP contribution < -0.4 is 5.32 Å². The van der Waals surface area contributed by atoms with Crippen molar-refractivity contribution in [2.24, 2.45) is 0 Å². The molecule has 5 nitrogen and oxygen atoms in total. The highest BCUT2D eigenvalue weighted by Gasteiger charge is 2.34. The van der Waals surface area contributed by atoms with Gasteiger partial charge >= 0.3 is 0 Å². The summed E-state index contributed by atoms with van der Waals surface area (Å²) in [6, 6.07) is 11.2. The lowest BCUT2D eigenvalue weighted by Crippen LogP contribution is -2.42. The number of nitrogens with one attached hydrogen (secondary N) is 1. The van der Waals surface area contributed by atoms with Gasteiger partial charge in [0.1, 0.15) is 11.9 Å². The van der Waals surface area contributed by atoms with Crippen molar-refractivity contribution in [2.45, 2.75) is 19.6 Å². The summed E-state index contributed by atoms with van der Waals surface area (Å²) in [5.74, 6) is 0.725. The highest BCUT2D eigenvalue weighted by molar-refractivity contribution is 7.09. The molecule has 0 fully saturated rings. The normalized spacial score (nSPS) is 17.0. The SMILES string of the molecule is Cc1nc(C2Nc3ccccc3C(=O)N2Cc2ccco2)cs1. The van der Waals surface area contributed by atoms with Gasteiger partial charge in [0.2, 0.25) is 0 Å². The van der Waals surface area contributed by atoms with Crippen LogP contribution in [0.4, 0.5) is 5.69 Å². The van der Waals surface area contributed by atoms with Gasteiger partial charge in [-0.15, -0.1) is 11.3 Å². The number of rotatable bonds is 3. The first-order valence-electron chi connectivity index (χ1n) is 7.33. The Morgan fingerprint density at radius 1 is 1.30 bits per heavy atom. The predicted molar refractivity (Wildman–Crippen MR) is 88.2 cm³/mol. The largest absolute Gasteiger partial charge is 0.467 e. The van der Waals surface area contributed by atoms with E-state index in [1.807, 2.05) is 48.7 Å². The van der Waals surface area contributed by atoms with Crippen LogP contribution in [-0.2, 0) is 6.54 Å². The summed E-state index contributed by atoms with van der Waals surface area (Å²) in [5, 5.41) is 6.39. The van der Waals surface area contributed by atoms with Crippen LogP contribution in [0.3, 0.4) is 0 Å². The van der Waals surface area contributed by atoms with Crippen molar-refractivity contribution in [1.29, 1.82) is 0 Å². The van der Waals surface area contributed by atoms with E-state index in [2.05, 4.69) is 10.3 Å². The molecule has 3 aromatic rings. The van der Waals surface area contributed by atoms with Crippen LogP contribution in [-0.4, -0.2) is 15.8 Å². The number of carbonyl (C=O) groups excluding carboxylic acids is 1. The van der Waals surface area contributed by atoms with Gasteiger partial charge in [-0.2, -0.15) is 0 Å². The molecule has 4 rings (SSSR count). The third-order valence-electron chi connectivity index (χ3n) is 3.85. The highest BCUT2D eigenvalue weighted by atomic mass is 32.1. The minimum absolute atomic E-state index is 0.0218. The number of thiazole rings is 1. The molecule has 23 heavy (non-hydrogen) atoms. The van der Waals surface area contributed by atoms with Crippen LogP contribution >= 0.6 is 11.3 Å². The molecule has 0 spiro atoms. The number of carbonyl (C=O) groups is 1. The summed E-state index contributed by atoms with van der Waals surface area (Å²) in [4.78, 5) is 19.3. The topological polar surface area (TPSA) is 58.4 Å². The number of furan rings is 1. The smallest absolute Gasteiger partial charge is 0.258 e. The molecule has 0 aliphatic carbocycles. The number of fused-ring (bicyclic) bond motifs is 1. The quantitative estimate of drug-likeness (QED) is 0.795. The number of para-hydroxylation sites is 1. The van der Waals surface area contributed by atoms with Gasteiger partial charge < -0.3 is 14.6 Å². The molecular weight excluding hydrogens is 310 g/mol. The van der Waals surface area contributed by atoms with Crippen LogP contribution in [0.15, 0.2) is 52.5 Å². The Labute approximate surface area is 137 Å². The lowest BCUT2D eigenvalue weighted by Gasteiger charge is -2.36. The molecule has 1 atom stereocenters. The van der Waals surface area contributed by atoms with Crippen molar-refractivity contribution >= 4 is 22.9 Å². The molecule has 6 heteroatoms. The first kappa shape index (κ1) is 14.0. The van der Waals surface area contributed by atoms with E-state index in [4.69, 9.17) is 4.42 Å². The summed E-state index contributed by atoms with van der Waals surface area (Å²) >= 11 is 1.58. The van der Waals surface area contributed by atoms with Crippen molar-refractivity contribution in [3.63, 3.8) is 0 Å². The Balaban J connectivity index is 1.76. The predicted octanol–water partition coefficient (Wildman–Crippen LogP) is 3.81. The van der Waals surface area contributed by atoms with E-state index in [9.17, 15) is 4.79 Å². The second-order valence-electron chi connectivity index (χ2n) is 5.40. The Bertz CT molecular complexity index is 841. The summed E-state index contributed by atoms with van der Waals surface area (Å²) in [7, 11) is 0. The molecule has 0 saturated carbocycles. The number of anilines is 1. The van der Waals surface area contributed by atoms with Gasteiger partial charge in [-0.05, 0) is 31.2 Å². The number of nitrogens with zero attached hydrogens (tertiary/aromatic N) is 2. The van der Waals surface area contributed by atoms with Gasteiger partial charge in [-0.1, -0.05) is 12.1 Å². The van der Waals surface area contributed by atoms with Crippen molar-refractivity contribution < 1.29 is 9.21 Å². The fraction of sp³-hybridized carbons (Fsp3) is 0.176. The highest BCUT2D eigenvalue weighted by Crippen LogP contribution is 2.34. The van der Waals surface area contributed by atoms with E-state index in [1.165, 1.54) is 0 Å². The van der Waals surface area contributed by atoms with Crippen molar-refractivity contribution in [2.75, 3.05) is 5.32 Å². The molecular formula is C17H15N3O2S. The molecule has 0 saturated heterocycles. The second kappa shape index (κ2) is 5.55. The molecule has 0 radical (unpaired) electrons. The van der Waals surface area contributed by atoms with Gasteiger partial charge in [0.05, 0.1) is 29.1 Å². The molecule has 1 aliphatic heterocycles. The molecule has 1 aromatic carbocycles. The van der Waals surface area contributed by atoms with Crippen molar-refractivity contribution in [3.05, 3.63) is 70.1 Å². The third-order valence-corrected chi connectivity index (χ3v) is 4.64. The number of aromatic nitrogens is 1. The average Bonchev–Trinajstić information content (AvgIpc) is 3.21. The summed E-state index contributed by atoms with van der Waals surface area (Å²) in [5.41, 5.74) is 2.35. The zero-order chi connectivity index (χ0) is 15.8. The molecule has 1 unspecified atom stereocenters. The monoisotopic (exact) mass is 325 g/mol. The fourth-order valence-electron chi connectivity index (χ4n) is 2.77. The van der Waals surface area contributed by atoms with Gasteiger partial charge in [-0.3, -0.25) is 4.79 Å². The fourth-order valence-corrected chi connectivity index (χ4v) is 3.40. The molecule has 1 N–H and O–H groups in total. The molecule has 1 amide bonds. The Morgan fingerprint density at radius 3 is 2.91 bits per heavy atom. The van der Waals surface area contributed by atoms with E-state index in [-0.39, 0.29) is 12.1 Å². The number of aryl methyl sites for hydroxylation is 1. The summed E-state index contributed by atoms with van der Waals surface area (Å²) in [6.45, 7) is 2.36. The molecule has 3 heterocycles. The zero-order valence-corrected chi connectivity index (χ0v) is 13.3. The number of amides is 1. The van der Waals surface area contributed by atoms with Crippen LogP contribution in [0.25, 0.3) is 0 Å². The van der Waals surface area contributed by atoms with E-state index in [0.29, 0.717) is 12.1 Å². The number of benzene rings is 1. The summed E-state index contributed by atoms with van der Waals surface area (Å²) < 4.78 is 5.42. The van der Waals surface area contributed by atoms with Crippen LogP contribution in [0.1, 0.15) is 33.0 Å². The summed E-state index contributed by atoms with van der Waals surface area (Å²) in [6.07, 6.45) is 1.32. The third kappa shape index (κ3) is 2.51. The zero-order valence-electron chi connectivity index (χ0n) is 12.5. The van der Waals surface area contributed by atoms with Gasteiger partial charge in [-0.25, -0.2) is 4.98 Å². The van der Waals surface area contributed by atoms with Gasteiger partial charge in [0, 0.05) is 11.1 Å². The lowest BCUT2D eigenvalue weighted by atomic mass is 10.1. The maximum atomic E-state index is 13.0. The molecule has 1 aliphatic rings. The molecule has 2 aromatic heterocycles. The standard InChI is InChI=1S/C17H15N3O2S/c1-11-18-15(10-23-11)16-19-14-7-3-2-6-13(14)17(21)20(16)9-12-5-4-8-22-12/h2-8,10,16,19H,9H2,1H3. The van der Waals surface area contributed by atoms with Crippen LogP contribution in [0.2, 0.25) is 0 Å². The minimum atomic E-state index is -0.299. The Hall–Kier alpha value is -2.60. The lowest BCUT2D eigenvalue weighted by molar-refractivity contribution is 0.0648. The Kier molecular flexibility index (Phi) is 3.38. The van der Waals surface area contributed by atoms with E-state index in [1.54, 1.807) is 22.5 Å². The molecule has 0 bridgehead atoms.